The number of amides is 1. The van der Waals surface area contributed by atoms with E-state index in [1.54, 1.807) is 36.7 Å². The van der Waals surface area contributed by atoms with Crippen molar-refractivity contribution in [3.63, 3.8) is 0 Å². The molecule has 0 saturated heterocycles. The molecule has 5 nitrogen and oxygen atoms in total. The Morgan fingerprint density at radius 3 is 3.00 bits per heavy atom. The van der Waals surface area contributed by atoms with Crippen LogP contribution in [-0.2, 0) is 6.54 Å². The van der Waals surface area contributed by atoms with Crippen LogP contribution >= 0.6 is 0 Å². The Kier molecular flexibility index (Phi) is 3.12. The molecule has 0 aliphatic carbocycles. The van der Waals surface area contributed by atoms with Gasteiger partial charge in [0.2, 0.25) is 0 Å². The minimum atomic E-state index is -0.368. The van der Waals surface area contributed by atoms with E-state index in [1.807, 2.05) is 0 Å². The first kappa shape index (κ1) is 12.3. The molecule has 1 amide bonds. The molecular weight excluding hydrogens is 259 g/mol. The number of hydrogen-bond donors (Lipinski definition) is 2. The van der Waals surface area contributed by atoms with Crippen LogP contribution in [0.3, 0.4) is 0 Å². The first-order chi connectivity index (χ1) is 9.75. The van der Waals surface area contributed by atoms with E-state index in [0.29, 0.717) is 10.9 Å². The number of halogens is 1. The number of rotatable bonds is 3. The Hall–Kier alpha value is -2.76. The van der Waals surface area contributed by atoms with Gasteiger partial charge in [-0.2, -0.15) is 5.10 Å². The van der Waals surface area contributed by atoms with Gasteiger partial charge in [0.25, 0.3) is 5.91 Å². The van der Waals surface area contributed by atoms with Crippen molar-refractivity contribution in [1.29, 1.82) is 0 Å². The van der Waals surface area contributed by atoms with E-state index in [9.17, 15) is 9.18 Å². The summed E-state index contributed by atoms with van der Waals surface area (Å²) in [7, 11) is 0. The summed E-state index contributed by atoms with van der Waals surface area (Å²) in [4.78, 5) is 16.0. The Bertz CT molecular complexity index is 768. The number of nitrogens with zero attached hydrogens (tertiary/aromatic N) is 2. The third-order valence-electron chi connectivity index (χ3n) is 2.98. The van der Waals surface area contributed by atoms with Gasteiger partial charge in [0.15, 0.2) is 5.69 Å². The third kappa shape index (κ3) is 2.23. The minimum Gasteiger partial charge on any atom is -0.346 e. The van der Waals surface area contributed by atoms with E-state index in [1.165, 1.54) is 6.07 Å². The highest BCUT2D eigenvalue weighted by molar-refractivity contribution is 6.04. The summed E-state index contributed by atoms with van der Waals surface area (Å²) < 4.78 is 13.5. The Labute approximate surface area is 113 Å². The zero-order chi connectivity index (χ0) is 13.9. The van der Waals surface area contributed by atoms with Crippen molar-refractivity contribution in [3.8, 4) is 0 Å². The van der Waals surface area contributed by atoms with Gasteiger partial charge in [-0.15, -0.1) is 0 Å². The molecule has 3 aromatic rings. The second-order valence-electron chi connectivity index (χ2n) is 4.27. The van der Waals surface area contributed by atoms with Crippen molar-refractivity contribution < 1.29 is 9.18 Å². The lowest BCUT2D eigenvalue weighted by atomic mass is 10.2. The van der Waals surface area contributed by atoms with Gasteiger partial charge >= 0.3 is 0 Å². The summed E-state index contributed by atoms with van der Waals surface area (Å²) in [6.07, 6.45) is 3.18. The van der Waals surface area contributed by atoms with Gasteiger partial charge < -0.3 is 5.32 Å². The number of benzene rings is 1. The van der Waals surface area contributed by atoms with Gasteiger partial charge in [0.05, 0.1) is 10.9 Å². The highest BCUT2D eigenvalue weighted by Crippen LogP contribution is 2.14. The highest BCUT2D eigenvalue weighted by Gasteiger charge is 2.14. The maximum absolute atomic E-state index is 13.5. The molecule has 1 aromatic carbocycles. The topological polar surface area (TPSA) is 70.7 Å². The molecule has 100 valence electrons. The largest absolute Gasteiger partial charge is 0.346 e. The van der Waals surface area contributed by atoms with Crippen LogP contribution in [0.5, 0.6) is 0 Å². The van der Waals surface area contributed by atoms with Crippen LogP contribution in [-0.4, -0.2) is 21.1 Å². The molecule has 20 heavy (non-hydrogen) atoms. The number of aromatic nitrogens is 3. The maximum Gasteiger partial charge on any atom is 0.272 e. The Morgan fingerprint density at radius 2 is 2.15 bits per heavy atom. The fourth-order valence-corrected chi connectivity index (χ4v) is 1.93. The summed E-state index contributed by atoms with van der Waals surface area (Å²) >= 11 is 0. The summed E-state index contributed by atoms with van der Waals surface area (Å²) in [5, 5.41) is 10.00. The van der Waals surface area contributed by atoms with Gasteiger partial charge in [0, 0.05) is 24.5 Å². The molecule has 0 aliphatic heterocycles. The van der Waals surface area contributed by atoms with Crippen molar-refractivity contribution in [1.82, 2.24) is 20.5 Å². The van der Waals surface area contributed by atoms with Crippen LogP contribution < -0.4 is 5.32 Å². The van der Waals surface area contributed by atoms with Crippen molar-refractivity contribution in [3.05, 3.63) is 59.8 Å². The molecule has 0 spiro atoms. The first-order valence-electron chi connectivity index (χ1n) is 6.05. The van der Waals surface area contributed by atoms with E-state index in [4.69, 9.17) is 0 Å². The van der Waals surface area contributed by atoms with Gasteiger partial charge in [-0.3, -0.25) is 14.9 Å². The van der Waals surface area contributed by atoms with Gasteiger partial charge in [-0.25, -0.2) is 4.39 Å². The standard InChI is InChI=1S/C14H11FN4O/c15-11-4-2-1-3-9(11)7-17-14(20)13-10-8-16-6-5-12(10)18-19-13/h1-6,8H,7H2,(H,17,20)(H,18,19). The maximum atomic E-state index is 13.5. The average Bonchev–Trinajstić information content (AvgIpc) is 2.90. The third-order valence-corrected chi connectivity index (χ3v) is 2.98. The Balaban J connectivity index is 1.79. The van der Waals surface area contributed by atoms with E-state index in [2.05, 4.69) is 20.5 Å². The van der Waals surface area contributed by atoms with Gasteiger partial charge in [-0.05, 0) is 12.1 Å². The number of pyridine rings is 1. The number of fused-ring (bicyclic) bond motifs is 1. The second-order valence-corrected chi connectivity index (χ2v) is 4.27. The molecule has 2 heterocycles. The molecule has 0 unspecified atom stereocenters. The second kappa shape index (κ2) is 5.08. The lowest BCUT2D eigenvalue weighted by Crippen LogP contribution is -2.23. The van der Waals surface area contributed by atoms with Crippen LogP contribution in [0.2, 0.25) is 0 Å². The monoisotopic (exact) mass is 270 g/mol. The smallest absolute Gasteiger partial charge is 0.272 e. The SMILES string of the molecule is O=C(NCc1ccccc1F)c1n[nH]c2ccncc12. The number of carbonyl (C=O) groups excluding carboxylic acids is 1. The molecule has 0 bridgehead atoms. The number of carbonyl (C=O) groups is 1. The van der Waals surface area contributed by atoms with Crippen molar-refractivity contribution >= 4 is 16.8 Å². The molecule has 0 fully saturated rings. The van der Waals surface area contributed by atoms with Crippen molar-refractivity contribution in [2.24, 2.45) is 0 Å². The molecule has 0 saturated carbocycles. The molecule has 0 radical (unpaired) electrons. The fraction of sp³-hybridized carbons (Fsp3) is 0.0714. The van der Waals surface area contributed by atoms with Gasteiger partial charge in [0.1, 0.15) is 5.82 Å². The lowest BCUT2D eigenvalue weighted by Gasteiger charge is -2.04. The molecule has 0 aliphatic rings. The molecule has 2 aromatic heterocycles. The quantitative estimate of drug-likeness (QED) is 0.765. The van der Waals surface area contributed by atoms with Crippen LogP contribution in [0.25, 0.3) is 10.9 Å². The fourth-order valence-electron chi connectivity index (χ4n) is 1.93. The number of H-pyrrole nitrogens is 1. The summed E-state index contributed by atoms with van der Waals surface area (Å²) in [6.45, 7) is 0.111. The minimum absolute atomic E-state index is 0.111. The van der Waals surface area contributed by atoms with E-state index < -0.39 is 0 Å². The van der Waals surface area contributed by atoms with Crippen molar-refractivity contribution in [2.75, 3.05) is 0 Å². The van der Waals surface area contributed by atoms with Crippen LogP contribution in [0.1, 0.15) is 16.1 Å². The molecule has 3 rings (SSSR count). The van der Waals surface area contributed by atoms with E-state index in [0.717, 1.165) is 5.52 Å². The van der Waals surface area contributed by atoms with Crippen molar-refractivity contribution in [2.45, 2.75) is 6.54 Å². The number of nitrogens with one attached hydrogen (secondary N) is 2. The van der Waals surface area contributed by atoms with Crippen LogP contribution in [0.15, 0.2) is 42.7 Å². The summed E-state index contributed by atoms with van der Waals surface area (Å²) in [6, 6.07) is 8.04. The molecular formula is C14H11FN4O. The predicted molar refractivity (Wildman–Crippen MR) is 71.5 cm³/mol. The average molecular weight is 270 g/mol. The lowest BCUT2D eigenvalue weighted by molar-refractivity contribution is 0.0947. The molecule has 0 atom stereocenters. The zero-order valence-electron chi connectivity index (χ0n) is 10.4. The zero-order valence-corrected chi connectivity index (χ0v) is 10.4. The summed E-state index contributed by atoms with van der Waals surface area (Å²) in [5.41, 5.74) is 1.42. The molecule has 6 heteroatoms. The van der Waals surface area contributed by atoms with Gasteiger partial charge in [-0.1, -0.05) is 18.2 Å². The normalized spacial score (nSPS) is 10.7. The van der Waals surface area contributed by atoms with Crippen LogP contribution in [0, 0.1) is 5.82 Å². The molecule has 2 N–H and O–H groups in total. The van der Waals surface area contributed by atoms with E-state index >= 15 is 0 Å². The summed E-state index contributed by atoms with van der Waals surface area (Å²) in [5.74, 6) is -0.714. The van der Waals surface area contributed by atoms with Crippen LogP contribution in [0.4, 0.5) is 4.39 Å². The Morgan fingerprint density at radius 1 is 1.30 bits per heavy atom. The first-order valence-corrected chi connectivity index (χ1v) is 6.05. The number of aromatic amines is 1. The van der Waals surface area contributed by atoms with E-state index in [-0.39, 0.29) is 24.0 Å². The number of hydrogen-bond acceptors (Lipinski definition) is 3. The predicted octanol–water partition coefficient (Wildman–Crippen LogP) is 2.03. The highest BCUT2D eigenvalue weighted by atomic mass is 19.1.